The quantitative estimate of drug-likeness (QED) is 0.637. The molecule has 0 saturated carbocycles. The van der Waals surface area contributed by atoms with Crippen molar-refractivity contribution in [3.8, 4) is 5.75 Å². The van der Waals surface area contributed by atoms with Crippen molar-refractivity contribution in [1.82, 2.24) is 5.43 Å². The van der Waals surface area contributed by atoms with E-state index in [2.05, 4.69) is 52.2 Å². The molecule has 0 aliphatic rings. The second-order valence-electron chi connectivity index (χ2n) is 6.11. The summed E-state index contributed by atoms with van der Waals surface area (Å²) in [5.41, 5.74) is 6.69. The first kappa shape index (κ1) is 15.0. The smallest absolute Gasteiger partial charge is 0.126 e. The van der Waals surface area contributed by atoms with Gasteiger partial charge in [-0.15, -0.1) is 0 Å². The van der Waals surface area contributed by atoms with Crippen LogP contribution in [0.1, 0.15) is 49.9 Å². The molecule has 0 fully saturated rings. The third-order valence-electron chi connectivity index (χ3n) is 3.30. The highest BCUT2D eigenvalue weighted by atomic mass is 16.5. The monoisotopic (exact) mass is 250 g/mol. The first-order chi connectivity index (χ1) is 8.30. The van der Waals surface area contributed by atoms with Crippen molar-refractivity contribution in [2.24, 2.45) is 11.3 Å². The average Bonchev–Trinajstić information content (AvgIpc) is 2.28. The van der Waals surface area contributed by atoms with E-state index in [1.807, 2.05) is 0 Å². The number of hydrazine groups is 1. The van der Waals surface area contributed by atoms with E-state index in [4.69, 9.17) is 10.6 Å². The molecular weight excluding hydrogens is 224 g/mol. The molecule has 1 aromatic rings. The molecule has 0 heterocycles. The molecule has 3 heteroatoms. The number of nitrogens with two attached hydrogens (primary N) is 1. The Bertz CT molecular complexity index is 408. The van der Waals surface area contributed by atoms with E-state index in [9.17, 15) is 0 Å². The minimum atomic E-state index is 0.110. The molecular formula is C15H26N2O. The van der Waals surface area contributed by atoms with Crippen LogP contribution in [0.4, 0.5) is 0 Å². The van der Waals surface area contributed by atoms with Gasteiger partial charge in [0, 0.05) is 5.56 Å². The molecule has 1 rings (SSSR count). The molecule has 1 atom stereocenters. The predicted molar refractivity (Wildman–Crippen MR) is 76.6 cm³/mol. The van der Waals surface area contributed by atoms with Gasteiger partial charge in [-0.3, -0.25) is 11.3 Å². The zero-order valence-electron chi connectivity index (χ0n) is 12.4. The van der Waals surface area contributed by atoms with Crippen LogP contribution in [0.15, 0.2) is 12.1 Å². The summed E-state index contributed by atoms with van der Waals surface area (Å²) < 4.78 is 5.56. The Morgan fingerprint density at radius 2 is 1.89 bits per heavy atom. The number of benzene rings is 1. The van der Waals surface area contributed by atoms with E-state index >= 15 is 0 Å². The zero-order valence-corrected chi connectivity index (χ0v) is 12.4. The van der Waals surface area contributed by atoms with Crippen molar-refractivity contribution in [3.63, 3.8) is 0 Å². The van der Waals surface area contributed by atoms with Gasteiger partial charge in [-0.05, 0) is 36.8 Å². The van der Waals surface area contributed by atoms with Crippen LogP contribution >= 0.6 is 0 Å². The fraction of sp³-hybridized carbons (Fsp3) is 0.600. The summed E-state index contributed by atoms with van der Waals surface area (Å²) in [5, 5.41) is 0. The van der Waals surface area contributed by atoms with Crippen LogP contribution in [0.3, 0.4) is 0 Å². The maximum atomic E-state index is 5.72. The maximum Gasteiger partial charge on any atom is 0.126 e. The summed E-state index contributed by atoms with van der Waals surface area (Å²) in [6, 6.07) is 4.34. The van der Waals surface area contributed by atoms with Gasteiger partial charge in [-0.2, -0.15) is 0 Å². The van der Waals surface area contributed by atoms with Gasteiger partial charge >= 0.3 is 0 Å². The van der Waals surface area contributed by atoms with Gasteiger partial charge in [0.2, 0.25) is 0 Å². The van der Waals surface area contributed by atoms with Gasteiger partial charge < -0.3 is 4.74 Å². The minimum Gasteiger partial charge on any atom is -0.496 e. The van der Waals surface area contributed by atoms with E-state index in [-0.39, 0.29) is 11.5 Å². The van der Waals surface area contributed by atoms with Crippen LogP contribution in [0, 0.1) is 19.3 Å². The van der Waals surface area contributed by atoms with Crippen molar-refractivity contribution in [1.29, 1.82) is 0 Å². The van der Waals surface area contributed by atoms with Crippen molar-refractivity contribution < 1.29 is 4.74 Å². The van der Waals surface area contributed by atoms with Crippen LogP contribution in [0.2, 0.25) is 0 Å². The van der Waals surface area contributed by atoms with Gasteiger partial charge in [-0.1, -0.05) is 32.9 Å². The Hall–Kier alpha value is -1.06. The van der Waals surface area contributed by atoms with Crippen molar-refractivity contribution in [2.45, 2.75) is 47.1 Å². The molecule has 0 aromatic heterocycles. The van der Waals surface area contributed by atoms with E-state index < -0.39 is 0 Å². The fourth-order valence-corrected chi connectivity index (χ4v) is 2.23. The van der Waals surface area contributed by atoms with Crippen molar-refractivity contribution in [2.75, 3.05) is 7.11 Å². The Morgan fingerprint density at radius 3 is 2.33 bits per heavy atom. The summed E-state index contributed by atoms with van der Waals surface area (Å²) >= 11 is 0. The van der Waals surface area contributed by atoms with E-state index in [0.29, 0.717) is 0 Å². The topological polar surface area (TPSA) is 47.3 Å². The van der Waals surface area contributed by atoms with E-state index in [0.717, 1.165) is 17.7 Å². The number of ether oxygens (including phenoxy) is 1. The second kappa shape index (κ2) is 5.72. The number of methoxy groups -OCH3 is 1. The lowest BCUT2D eigenvalue weighted by molar-refractivity contribution is 0.305. The number of rotatable bonds is 4. The lowest BCUT2D eigenvalue weighted by Crippen LogP contribution is -2.31. The molecule has 1 aromatic carbocycles. The summed E-state index contributed by atoms with van der Waals surface area (Å²) in [4.78, 5) is 0. The lowest BCUT2D eigenvalue weighted by atomic mass is 9.84. The molecule has 0 aliphatic heterocycles. The minimum absolute atomic E-state index is 0.110. The van der Waals surface area contributed by atoms with Crippen LogP contribution in [0.5, 0.6) is 5.75 Å². The Balaban J connectivity index is 3.17. The Morgan fingerprint density at radius 1 is 1.28 bits per heavy atom. The number of hydrogen-bond acceptors (Lipinski definition) is 3. The molecule has 0 bridgehead atoms. The highest BCUT2D eigenvalue weighted by Crippen LogP contribution is 2.36. The standard InChI is InChI=1S/C15H26N2O/c1-10-7-8-12(14(18-6)11(10)2)13(17-16)9-15(3,4)5/h7-8,13,17H,9,16H2,1-6H3. The van der Waals surface area contributed by atoms with Crippen LogP contribution < -0.4 is 16.0 Å². The van der Waals surface area contributed by atoms with Gasteiger partial charge in [0.25, 0.3) is 0 Å². The summed E-state index contributed by atoms with van der Waals surface area (Å²) in [7, 11) is 1.72. The van der Waals surface area contributed by atoms with E-state index in [1.54, 1.807) is 7.11 Å². The predicted octanol–water partition coefficient (Wildman–Crippen LogP) is 3.25. The molecule has 0 amide bonds. The second-order valence-corrected chi connectivity index (χ2v) is 6.11. The molecule has 3 N–H and O–H groups in total. The van der Waals surface area contributed by atoms with E-state index in [1.165, 1.54) is 11.1 Å². The van der Waals surface area contributed by atoms with Gasteiger partial charge in [0.1, 0.15) is 5.75 Å². The molecule has 18 heavy (non-hydrogen) atoms. The SMILES string of the molecule is COc1c(C(CC(C)(C)C)NN)ccc(C)c1C. The zero-order chi connectivity index (χ0) is 13.9. The number of hydrogen-bond donors (Lipinski definition) is 2. The molecule has 0 spiro atoms. The lowest BCUT2D eigenvalue weighted by Gasteiger charge is -2.27. The normalized spacial score (nSPS) is 13.5. The first-order valence-electron chi connectivity index (χ1n) is 6.40. The van der Waals surface area contributed by atoms with Crippen LogP contribution in [0.25, 0.3) is 0 Å². The molecule has 0 saturated heterocycles. The number of nitrogens with one attached hydrogen (secondary N) is 1. The summed E-state index contributed by atoms with van der Waals surface area (Å²) in [5.74, 6) is 6.66. The summed E-state index contributed by atoms with van der Waals surface area (Å²) in [6.07, 6.45) is 0.961. The molecule has 0 aliphatic carbocycles. The largest absolute Gasteiger partial charge is 0.496 e. The third-order valence-corrected chi connectivity index (χ3v) is 3.30. The van der Waals surface area contributed by atoms with Crippen molar-refractivity contribution >= 4 is 0 Å². The molecule has 0 radical (unpaired) electrons. The highest BCUT2D eigenvalue weighted by molar-refractivity contribution is 5.46. The average molecular weight is 250 g/mol. The Labute approximate surface area is 111 Å². The summed E-state index contributed by atoms with van der Waals surface area (Å²) in [6.45, 7) is 10.8. The fourth-order valence-electron chi connectivity index (χ4n) is 2.23. The molecule has 3 nitrogen and oxygen atoms in total. The van der Waals surface area contributed by atoms with Crippen LogP contribution in [-0.4, -0.2) is 7.11 Å². The third kappa shape index (κ3) is 3.47. The van der Waals surface area contributed by atoms with Gasteiger partial charge in [-0.25, -0.2) is 0 Å². The number of aryl methyl sites for hydroxylation is 1. The first-order valence-corrected chi connectivity index (χ1v) is 6.40. The van der Waals surface area contributed by atoms with Gasteiger partial charge in [0.05, 0.1) is 13.2 Å². The van der Waals surface area contributed by atoms with Crippen molar-refractivity contribution in [3.05, 3.63) is 28.8 Å². The maximum absolute atomic E-state index is 5.72. The molecule has 102 valence electrons. The van der Waals surface area contributed by atoms with Gasteiger partial charge in [0.15, 0.2) is 0 Å². The Kier molecular flexibility index (Phi) is 4.77. The van der Waals surface area contributed by atoms with Crippen LogP contribution in [-0.2, 0) is 0 Å². The highest BCUT2D eigenvalue weighted by Gasteiger charge is 2.23. The molecule has 1 unspecified atom stereocenters.